The number of rotatable bonds is 14. The van der Waals surface area contributed by atoms with Crippen LogP contribution < -0.4 is 0 Å². The van der Waals surface area contributed by atoms with Gasteiger partial charge in [-0.3, -0.25) is 9.59 Å². The molecule has 3 aromatic rings. The lowest BCUT2D eigenvalue weighted by atomic mass is 10.1. The Balaban J connectivity index is 1.76. The van der Waals surface area contributed by atoms with Crippen molar-refractivity contribution >= 4 is 27.7 Å². The Kier molecular flexibility index (Phi) is 11.7. The van der Waals surface area contributed by atoms with Gasteiger partial charge in [0.05, 0.1) is 6.54 Å². The average molecular weight is 581 g/mol. The predicted octanol–water partition coefficient (Wildman–Crippen LogP) is 7.18. The van der Waals surface area contributed by atoms with E-state index in [0.29, 0.717) is 31.1 Å². The van der Waals surface area contributed by atoms with Crippen molar-refractivity contribution in [2.75, 3.05) is 19.6 Å². The van der Waals surface area contributed by atoms with Gasteiger partial charge in [-0.2, -0.15) is 0 Å². The van der Waals surface area contributed by atoms with E-state index in [9.17, 15) is 9.59 Å². The van der Waals surface area contributed by atoms with Gasteiger partial charge in [-0.15, -0.1) is 0 Å². The van der Waals surface area contributed by atoms with Gasteiger partial charge in [0, 0.05) is 41.6 Å². The third kappa shape index (κ3) is 8.87. The smallest absolute Gasteiger partial charge is 0.254 e. The standard InChI is InChI=1S/C32H42BrN3O2/c1-5-7-19-35(23-30-9-8-20-34(30)22-27-12-16-29(33)17-13-27)31(37)24-36(21-18-25(3)4)32(38)28-14-10-26(6-2)11-15-28/h8-17,20,25H,5-7,18-19,21-24H2,1-4H3. The first-order valence-corrected chi connectivity index (χ1v) is 14.6. The van der Waals surface area contributed by atoms with Crippen molar-refractivity contribution in [3.05, 3.63) is 93.7 Å². The molecule has 2 amide bonds. The third-order valence-corrected chi connectivity index (χ3v) is 7.40. The molecule has 0 aliphatic rings. The second-order valence-corrected chi connectivity index (χ2v) is 11.3. The van der Waals surface area contributed by atoms with Gasteiger partial charge in [0.1, 0.15) is 6.54 Å². The lowest BCUT2D eigenvalue weighted by molar-refractivity contribution is -0.132. The minimum atomic E-state index is -0.0734. The highest BCUT2D eigenvalue weighted by molar-refractivity contribution is 9.10. The van der Waals surface area contributed by atoms with Crippen LogP contribution in [0.15, 0.2) is 71.3 Å². The normalized spacial score (nSPS) is 11.1. The summed E-state index contributed by atoms with van der Waals surface area (Å²) in [5.74, 6) is 0.369. The van der Waals surface area contributed by atoms with Gasteiger partial charge >= 0.3 is 0 Å². The van der Waals surface area contributed by atoms with Crippen LogP contribution in [0.1, 0.15) is 74.1 Å². The maximum Gasteiger partial charge on any atom is 0.254 e. The summed E-state index contributed by atoms with van der Waals surface area (Å²) in [6.45, 7) is 11.1. The minimum Gasteiger partial charge on any atom is -0.345 e. The van der Waals surface area contributed by atoms with E-state index in [1.807, 2.05) is 47.4 Å². The van der Waals surface area contributed by atoms with Crippen LogP contribution in [0.5, 0.6) is 0 Å². The molecule has 0 radical (unpaired) electrons. The van der Waals surface area contributed by atoms with Crippen molar-refractivity contribution < 1.29 is 9.59 Å². The molecule has 38 heavy (non-hydrogen) atoms. The zero-order valence-electron chi connectivity index (χ0n) is 23.3. The van der Waals surface area contributed by atoms with Crippen LogP contribution in [0.2, 0.25) is 0 Å². The molecule has 0 fully saturated rings. The zero-order chi connectivity index (χ0) is 27.5. The molecule has 0 saturated heterocycles. The van der Waals surface area contributed by atoms with Crippen LogP contribution in [0.4, 0.5) is 0 Å². The van der Waals surface area contributed by atoms with Crippen LogP contribution in [0.25, 0.3) is 0 Å². The molecule has 0 bridgehead atoms. The van der Waals surface area contributed by atoms with Gasteiger partial charge in [-0.25, -0.2) is 0 Å². The number of carbonyl (C=O) groups is 2. The van der Waals surface area contributed by atoms with Crippen molar-refractivity contribution in [3.63, 3.8) is 0 Å². The van der Waals surface area contributed by atoms with E-state index in [1.54, 1.807) is 4.90 Å². The Hall–Kier alpha value is -2.86. The fourth-order valence-corrected chi connectivity index (χ4v) is 4.63. The number of aryl methyl sites for hydroxylation is 1. The summed E-state index contributed by atoms with van der Waals surface area (Å²) in [5.41, 5.74) is 4.13. The molecule has 0 unspecified atom stereocenters. The Morgan fingerprint density at radius 3 is 2.21 bits per heavy atom. The Morgan fingerprint density at radius 2 is 1.58 bits per heavy atom. The first-order valence-electron chi connectivity index (χ1n) is 13.8. The summed E-state index contributed by atoms with van der Waals surface area (Å²) in [7, 11) is 0. The highest BCUT2D eigenvalue weighted by Gasteiger charge is 2.23. The Labute approximate surface area is 237 Å². The number of aromatic nitrogens is 1. The van der Waals surface area contributed by atoms with E-state index in [0.717, 1.165) is 42.4 Å². The maximum atomic E-state index is 13.7. The van der Waals surface area contributed by atoms with E-state index in [2.05, 4.69) is 72.6 Å². The molecular formula is C32H42BrN3O2. The quantitative estimate of drug-likeness (QED) is 0.203. The molecule has 0 aliphatic heterocycles. The second-order valence-electron chi connectivity index (χ2n) is 10.4. The Morgan fingerprint density at radius 1 is 0.895 bits per heavy atom. The molecule has 0 atom stereocenters. The summed E-state index contributed by atoms with van der Waals surface area (Å²) < 4.78 is 3.26. The average Bonchev–Trinajstić information content (AvgIpc) is 3.35. The lowest BCUT2D eigenvalue weighted by Crippen LogP contribution is -2.44. The first-order chi connectivity index (χ1) is 18.3. The van der Waals surface area contributed by atoms with E-state index in [4.69, 9.17) is 0 Å². The van der Waals surface area contributed by atoms with Gasteiger partial charge in [0.25, 0.3) is 5.91 Å². The highest BCUT2D eigenvalue weighted by Crippen LogP contribution is 2.16. The zero-order valence-corrected chi connectivity index (χ0v) is 24.9. The number of nitrogens with zero attached hydrogens (tertiary/aromatic N) is 3. The second kappa shape index (κ2) is 14.9. The lowest BCUT2D eigenvalue weighted by Gasteiger charge is -2.29. The van der Waals surface area contributed by atoms with Crippen LogP contribution in [-0.4, -0.2) is 45.8 Å². The van der Waals surface area contributed by atoms with Gasteiger partial charge in [-0.1, -0.05) is 74.3 Å². The third-order valence-electron chi connectivity index (χ3n) is 6.88. The summed E-state index contributed by atoms with van der Waals surface area (Å²) in [5, 5.41) is 0. The molecule has 3 rings (SSSR count). The van der Waals surface area contributed by atoms with Crippen LogP contribution >= 0.6 is 15.9 Å². The van der Waals surface area contributed by atoms with Crippen molar-refractivity contribution in [3.8, 4) is 0 Å². The molecule has 6 heteroatoms. The first kappa shape index (κ1) is 29.7. The summed E-state index contributed by atoms with van der Waals surface area (Å²) in [6.07, 6.45) is 5.79. The number of hydrogen-bond donors (Lipinski definition) is 0. The fourth-order valence-electron chi connectivity index (χ4n) is 4.37. The molecular weight excluding hydrogens is 538 g/mol. The minimum absolute atomic E-state index is 0.00266. The molecule has 204 valence electrons. The topological polar surface area (TPSA) is 45.6 Å². The molecule has 0 N–H and O–H groups in total. The Bertz CT molecular complexity index is 1150. The van der Waals surface area contributed by atoms with Crippen molar-refractivity contribution in [1.29, 1.82) is 0 Å². The van der Waals surface area contributed by atoms with Gasteiger partial charge in [-0.05, 0) is 72.7 Å². The number of unbranched alkanes of at least 4 members (excludes halogenated alkanes) is 1. The molecule has 1 heterocycles. The molecule has 0 aliphatic carbocycles. The number of hydrogen-bond acceptors (Lipinski definition) is 2. The monoisotopic (exact) mass is 579 g/mol. The molecule has 0 spiro atoms. The number of carbonyl (C=O) groups excluding carboxylic acids is 2. The van der Waals surface area contributed by atoms with Crippen LogP contribution in [0, 0.1) is 5.92 Å². The molecule has 1 aromatic heterocycles. The molecule has 5 nitrogen and oxygen atoms in total. The number of amides is 2. The van der Waals surface area contributed by atoms with Crippen molar-refractivity contribution in [2.24, 2.45) is 5.92 Å². The van der Waals surface area contributed by atoms with E-state index < -0.39 is 0 Å². The highest BCUT2D eigenvalue weighted by atomic mass is 79.9. The molecule has 2 aromatic carbocycles. The summed E-state index contributed by atoms with van der Waals surface area (Å²) >= 11 is 3.50. The van der Waals surface area contributed by atoms with Crippen LogP contribution in [0.3, 0.4) is 0 Å². The number of halogens is 1. The van der Waals surface area contributed by atoms with Gasteiger partial charge in [0.15, 0.2) is 0 Å². The van der Waals surface area contributed by atoms with E-state index >= 15 is 0 Å². The van der Waals surface area contributed by atoms with Gasteiger partial charge < -0.3 is 14.4 Å². The van der Waals surface area contributed by atoms with Crippen molar-refractivity contribution in [2.45, 2.75) is 66.5 Å². The van der Waals surface area contributed by atoms with Crippen molar-refractivity contribution in [1.82, 2.24) is 14.4 Å². The number of benzene rings is 2. The fraction of sp³-hybridized carbons (Fsp3) is 0.438. The summed E-state index contributed by atoms with van der Waals surface area (Å²) in [6, 6.07) is 20.2. The summed E-state index contributed by atoms with van der Waals surface area (Å²) in [4.78, 5) is 30.8. The largest absolute Gasteiger partial charge is 0.345 e. The molecule has 0 saturated carbocycles. The maximum absolute atomic E-state index is 13.7. The van der Waals surface area contributed by atoms with E-state index in [1.165, 1.54) is 11.1 Å². The SMILES string of the molecule is CCCCN(Cc1cccn1Cc1ccc(Br)cc1)C(=O)CN(CCC(C)C)C(=O)c1ccc(CC)cc1. The van der Waals surface area contributed by atoms with E-state index in [-0.39, 0.29) is 18.4 Å². The predicted molar refractivity (Wildman–Crippen MR) is 159 cm³/mol. The van der Waals surface area contributed by atoms with Crippen LogP contribution in [-0.2, 0) is 24.3 Å². The van der Waals surface area contributed by atoms with Gasteiger partial charge in [0.2, 0.25) is 5.91 Å².